The van der Waals surface area contributed by atoms with Crippen molar-refractivity contribution in [1.29, 1.82) is 0 Å². The van der Waals surface area contributed by atoms with E-state index < -0.39 is 0 Å². The standard InChI is InChI=1S/C14H30N2/c1-11(2)12(3)10-16-13(4)9-14-7-5-6-8-15-14/h11-16H,5-10H2,1-4H3. The summed E-state index contributed by atoms with van der Waals surface area (Å²) in [5.74, 6) is 1.56. The second-order valence-electron chi connectivity index (χ2n) is 5.91. The van der Waals surface area contributed by atoms with Gasteiger partial charge in [0.05, 0.1) is 0 Å². The van der Waals surface area contributed by atoms with Gasteiger partial charge >= 0.3 is 0 Å². The van der Waals surface area contributed by atoms with E-state index >= 15 is 0 Å². The van der Waals surface area contributed by atoms with Crippen molar-refractivity contribution in [3.05, 3.63) is 0 Å². The maximum Gasteiger partial charge on any atom is 0.00817 e. The Hall–Kier alpha value is -0.0800. The summed E-state index contributed by atoms with van der Waals surface area (Å²) in [6.45, 7) is 11.7. The van der Waals surface area contributed by atoms with Crippen molar-refractivity contribution in [2.45, 2.75) is 65.5 Å². The summed E-state index contributed by atoms with van der Waals surface area (Å²) in [4.78, 5) is 0. The molecule has 2 nitrogen and oxygen atoms in total. The molecule has 3 unspecified atom stereocenters. The average Bonchev–Trinajstić information content (AvgIpc) is 2.27. The molecule has 1 heterocycles. The summed E-state index contributed by atoms with van der Waals surface area (Å²) >= 11 is 0. The summed E-state index contributed by atoms with van der Waals surface area (Å²) in [5, 5.41) is 7.29. The Morgan fingerprint density at radius 1 is 1.19 bits per heavy atom. The van der Waals surface area contributed by atoms with E-state index in [-0.39, 0.29) is 0 Å². The molecule has 1 saturated heterocycles. The van der Waals surface area contributed by atoms with Crippen LogP contribution in [-0.2, 0) is 0 Å². The second kappa shape index (κ2) is 7.29. The first kappa shape index (κ1) is 14.0. The van der Waals surface area contributed by atoms with Gasteiger partial charge in [0.2, 0.25) is 0 Å². The molecule has 1 aliphatic heterocycles. The normalized spacial score (nSPS) is 25.7. The Morgan fingerprint density at radius 3 is 2.50 bits per heavy atom. The van der Waals surface area contributed by atoms with Crippen molar-refractivity contribution in [3.63, 3.8) is 0 Å². The van der Waals surface area contributed by atoms with E-state index in [9.17, 15) is 0 Å². The minimum absolute atomic E-state index is 0.650. The maximum atomic E-state index is 3.67. The fourth-order valence-corrected chi connectivity index (χ4v) is 2.26. The van der Waals surface area contributed by atoms with Gasteiger partial charge in [0.25, 0.3) is 0 Å². The lowest BCUT2D eigenvalue weighted by Gasteiger charge is -2.27. The van der Waals surface area contributed by atoms with Crippen molar-refractivity contribution in [2.75, 3.05) is 13.1 Å². The Kier molecular flexibility index (Phi) is 6.37. The molecule has 0 aromatic rings. The molecule has 0 bridgehead atoms. The fraction of sp³-hybridized carbons (Fsp3) is 1.00. The zero-order valence-electron chi connectivity index (χ0n) is 11.6. The fourth-order valence-electron chi connectivity index (χ4n) is 2.26. The molecule has 1 aliphatic rings. The van der Waals surface area contributed by atoms with Gasteiger partial charge in [0, 0.05) is 12.1 Å². The van der Waals surface area contributed by atoms with Gasteiger partial charge in [0.1, 0.15) is 0 Å². The van der Waals surface area contributed by atoms with Crippen LogP contribution in [0, 0.1) is 11.8 Å². The third-order valence-corrected chi connectivity index (χ3v) is 3.98. The zero-order chi connectivity index (χ0) is 12.0. The Morgan fingerprint density at radius 2 is 1.94 bits per heavy atom. The predicted octanol–water partition coefficient (Wildman–Crippen LogP) is 2.79. The molecule has 96 valence electrons. The van der Waals surface area contributed by atoms with Crippen LogP contribution in [0.1, 0.15) is 53.4 Å². The lowest BCUT2D eigenvalue weighted by Crippen LogP contribution is -2.41. The van der Waals surface area contributed by atoms with Crippen LogP contribution in [0.5, 0.6) is 0 Å². The summed E-state index contributed by atoms with van der Waals surface area (Å²) in [6.07, 6.45) is 5.42. The highest BCUT2D eigenvalue weighted by Gasteiger charge is 2.16. The van der Waals surface area contributed by atoms with Gasteiger partial charge in [-0.2, -0.15) is 0 Å². The summed E-state index contributed by atoms with van der Waals surface area (Å²) in [5.41, 5.74) is 0. The van der Waals surface area contributed by atoms with E-state index in [1.54, 1.807) is 0 Å². The van der Waals surface area contributed by atoms with Crippen molar-refractivity contribution in [3.8, 4) is 0 Å². The Bertz CT molecular complexity index is 174. The lowest BCUT2D eigenvalue weighted by molar-refractivity contribution is 0.321. The number of piperidine rings is 1. The molecule has 3 atom stereocenters. The second-order valence-corrected chi connectivity index (χ2v) is 5.91. The van der Waals surface area contributed by atoms with Crippen LogP contribution in [0.25, 0.3) is 0 Å². The molecule has 16 heavy (non-hydrogen) atoms. The first-order valence-corrected chi connectivity index (χ1v) is 7.06. The van der Waals surface area contributed by atoms with Crippen molar-refractivity contribution in [2.24, 2.45) is 11.8 Å². The molecule has 0 spiro atoms. The molecule has 0 amide bonds. The molecule has 1 rings (SSSR count). The highest BCUT2D eigenvalue weighted by molar-refractivity contribution is 4.77. The van der Waals surface area contributed by atoms with E-state index in [0.717, 1.165) is 24.4 Å². The van der Waals surface area contributed by atoms with Gasteiger partial charge in [-0.05, 0) is 51.1 Å². The lowest BCUT2D eigenvalue weighted by atomic mass is 9.96. The van der Waals surface area contributed by atoms with Gasteiger partial charge in [0.15, 0.2) is 0 Å². The third-order valence-electron chi connectivity index (χ3n) is 3.98. The molecule has 0 aromatic carbocycles. The van der Waals surface area contributed by atoms with Gasteiger partial charge in [-0.25, -0.2) is 0 Å². The topological polar surface area (TPSA) is 24.1 Å². The van der Waals surface area contributed by atoms with E-state index in [1.807, 2.05) is 0 Å². The first-order chi connectivity index (χ1) is 7.59. The molecule has 1 fully saturated rings. The largest absolute Gasteiger partial charge is 0.314 e. The Labute approximate surface area is 102 Å². The Balaban J connectivity index is 2.12. The van der Waals surface area contributed by atoms with Gasteiger partial charge in [-0.3, -0.25) is 0 Å². The summed E-state index contributed by atoms with van der Waals surface area (Å²) in [6, 6.07) is 1.41. The smallest absolute Gasteiger partial charge is 0.00817 e. The van der Waals surface area contributed by atoms with E-state index in [0.29, 0.717) is 6.04 Å². The van der Waals surface area contributed by atoms with Crippen LogP contribution in [-0.4, -0.2) is 25.2 Å². The van der Waals surface area contributed by atoms with Crippen LogP contribution in [0.15, 0.2) is 0 Å². The van der Waals surface area contributed by atoms with Crippen LogP contribution in [0.3, 0.4) is 0 Å². The van der Waals surface area contributed by atoms with Crippen LogP contribution < -0.4 is 10.6 Å². The first-order valence-electron chi connectivity index (χ1n) is 7.06. The van der Waals surface area contributed by atoms with Gasteiger partial charge in [-0.1, -0.05) is 27.2 Å². The van der Waals surface area contributed by atoms with Crippen molar-refractivity contribution in [1.82, 2.24) is 10.6 Å². The molecular formula is C14H30N2. The van der Waals surface area contributed by atoms with E-state index in [1.165, 1.54) is 32.2 Å². The van der Waals surface area contributed by atoms with Crippen molar-refractivity contribution >= 4 is 0 Å². The van der Waals surface area contributed by atoms with Crippen molar-refractivity contribution < 1.29 is 0 Å². The summed E-state index contributed by atoms with van der Waals surface area (Å²) < 4.78 is 0. The highest BCUT2D eigenvalue weighted by atomic mass is 15.0. The molecule has 2 N–H and O–H groups in total. The van der Waals surface area contributed by atoms with Crippen LogP contribution >= 0.6 is 0 Å². The molecule has 0 radical (unpaired) electrons. The summed E-state index contributed by atoms with van der Waals surface area (Å²) in [7, 11) is 0. The highest BCUT2D eigenvalue weighted by Crippen LogP contribution is 2.13. The van der Waals surface area contributed by atoms with Crippen LogP contribution in [0.4, 0.5) is 0 Å². The molecule has 0 saturated carbocycles. The molecule has 2 heteroatoms. The zero-order valence-corrected chi connectivity index (χ0v) is 11.6. The average molecular weight is 226 g/mol. The third kappa shape index (κ3) is 5.31. The molecule has 0 aliphatic carbocycles. The maximum absolute atomic E-state index is 3.67. The van der Waals surface area contributed by atoms with Gasteiger partial charge < -0.3 is 10.6 Å². The van der Waals surface area contributed by atoms with E-state index in [2.05, 4.69) is 38.3 Å². The van der Waals surface area contributed by atoms with Crippen LogP contribution in [0.2, 0.25) is 0 Å². The molecule has 0 aromatic heterocycles. The quantitative estimate of drug-likeness (QED) is 0.728. The number of rotatable bonds is 6. The minimum atomic E-state index is 0.650. The van der Waals surface area contributed by atoms with Gasteiger partial charge in [-0.15, -0.1) is 0 Å². The minimum Gasteiger partial charge on any atom is -0.314 e. The monoisotopic (exact) mass is 226 g/mol. The predicted molar refractivity (Wildman–Crippen MR) is 71.7 cm³/mol. The number of hydrogen-bond donors (Lipinski definition) is 2. The number of hydrogen-bond acceptors (Lipinski definition) is 2. The number of nitrogens with one attached hydrogen (secondary N) is 2. The SMILES string of the molecule is CC(CC1CCCCN1)NCC(C)C(C)C. The van der Waals surface area contributed by atoms with E-state index in [4.69, 9.17) is 0 Å². The molecular weight excluding hydrogens is 196 g/mol.